The average molecular weight is 1070 g/mol. The third kappa shape index (κ3) is 24.5. The topological polar surface area (TPSA) is 228 Å². The van der Waals surface area contributed by atoms with Crippen LogP contribution >= 0.6 is 0 Å². The molecule has 5 N–H and O–H groups in total. The van der Waals surface area contributed by atoms with Gasteiger partial charge in [-0.2, -0.15) is 6.54 Å². The number of aromatic nitrogens is 2. The predicted octanol–water partition coefficient (Wildman–Crippen LogP) is -8.34. The Hall–Kier alpha value is 3.65. The van der Waals surface area contributed by atoms with Crippen LogP contribution in [0.3, 0.4) is 0 Å². The fraction of sp³-hybridized carbons (Fsp3) is 0.522. The van der Waals surface area contributed by atoms with Crippen LogP contribution in [-0.4, -0.2) is 93.6 Å². The number of hydrogen-bond donors (Lipinski definition) is 4. The first kappa shape index (κ1) is 73.7. The van der Waals surface area contributed by atoms with E-state index in [2.05, 4.69) is 44.3 Å². The van der Waals surface area contributed by atoms with Gasteiger partial charge in [0.25, 0.3) is 5.56 Å². The summed E-state index contributed by atoms with van der Waals surface area (Å²) in [6.07, 6.45) is 8.66. The Morgan fingerprint density at radius 2 is 1.66 bits per heavy atom. The number of rotatable bonds is 27. The molecule has 1 atom stereocenters. The van der Waals surface area contributed by atoms with Gasteiger partial charge in [-0.3, -0.25) is 29.6 Å². The van der Waals surface area contributed by atoms with Crippen molar-refractivity contribution in [2.45, 2.75) is 97.5 Å². The standard InChI is InChI=1S/C23H40N7O3.C22H22FN3O2.CH2O.5K/c1-2-3-14-33-30-13-9-5-8-12-25-17-26-18-28-23(15-21-10-6-4-7-11-21)29-19-27-20-32-16-22(24)31;1-11-13-4-3-5-14-15-9-26-19(6-12(8-24-2)16(10-27)22(26)28)21(15)25-18(20(13)14)7-17(11)23;1-2;;;;;/h4,6-7,10-11,23,30H,2-3,5,8-9,12-20H2,1H3,(H2,24,31);6-7,24,27H,3-5,8-10H2,1-2H3;1H2;;;;;/q-5;;;5*+1. The van der Waals surface area contributed by atoms with Crippen LogP contribution in [0.15, 0.2) is 47.3 Å². The average Bonchev–Trinajstić information content (AvgIpc) is 3.66. The summed E-state index contributed by atoms with van der Waals surface area (Å²) in [6, 6.07) is 13.5. The number of nitrogens with zero attached hydrogens (tertiary/aromatic N) is 7. The second-order valence-corrected chi connectivity index (χ2v) is 15.2. The zero-order valence-electron chi connectivity index (χ0n) is 42.0. The van der Waals surface area contributed by atoms with Crippen molar-refractivity contribution in [3.05, 3.63) is 124 Å². The van der Waals surface area contributed by atoms with Crippen molar-refractivity contribution in [3.8, 4) is 11.4 Å². The van der Waals surface area contributed by atoms with Gasteiger partial charge in [-0.05, 0) is 81.1 Å². The molecule has 0 radical (unpaired) electrons. The number of amides is 1. The summed E-state index contributed by atoms with van der Waals surface area (Å²) in [4.78, 5) is 41.8. The fourth-order valence-corrected chi connectivity index (χ4v) is 7.59. The van der Waals surface area contributed by atoms with Crippen molar-refractivity contribution in [2.24, 2.45) is 5.73 Å². The van der Waals surface area contributed by atoms with Gasteiger partial charge in [0.05, 0.1) is 36.7 Å². The van der Waals surface area contributed by atoms with Gasteiger partial charge in [-0.1, -0.05) is 68.5 Å². The quantitative estimate of drug-likeness (QED) is 0.0222. The number of primary amides is 1. The number of fused-ring (bicyclic) bond motifs is 4. The minimum Gasteiger partial charge on any atom is -0.699 e. The molecule has 2 aromatic heterocycles. The number of pyridine rings is 2. The van der Waals surface area contributed by atoms with Crippen molar-refractivity contribution in [1.29, 1.82) is 0 Å². The SMILES string of the molecule is C=O.CCCCONCCCCC[N-]C[N-]C[N-]C(Cc1ccccc1)[N-]C[N-]COCC(N)=O.CNCc1cc2n(c(=O)c1CO)Cc1c-2nc2cc(F)c(C)c3c2c1CCC3.[K+].[K+].[K+].[K+].[K+]. The molecule has 4 aromatic rings. The molecule has 68 heavy (non-hydrogen) atoms. The van der Waals surface area contributed by atoms with E-state index in [9.17, 15) is 19.1 Å². The molecule has 1 aliphatic heterocycles. The van der Waals surface area contributed by atoms with Crippen LogP contribution in [0.1, 0.15) is 84.4 Å². The number of aliphatic hydroxyl groups excluding tert-OH is 1. The minimum atomic E-state index is -0.518. The largest absolute Gasteiger partial charge is 1.00 e. The summed E-state index contributed by atoms with van der Waals surface area (Å²) in [6.45, 7) is 10.1. The summed E-state index contributed by atoms with van der Waals surface area (Å²) < 4.78 is 21.2. The van der Waals surface area contributed by atoms with Crippen LogP contribution in [0.25, 0.3) is 48.9 Å². The second-order valence-electron chi connectivity index (χ2n) is 15.2. The molecule has 0 bridgehead atoms. The summed E-state index contributed by atoms with van der Waals surface area (Å²) in [5.74, 6) is -0.736. The first-order valence-electron chi connectivity index (χ1n) is 21.7. The van der Waals surface area contributed by atoms with Crippen molar-refractivity contribution < 1.29 is 286 Å². The first-order chi connectivity index (χ1) is 30.8. The van der Waals surface area contributed by atoms with Gasteiger partial charge in [0.15, 0.2) is 0 Å². The number of carbonyl (C=O) groups excluding carboxylic acids is 2. The van der Waals surface area contributed by atoms with Gasteiger partial charge >= 0.3 is 257 Å². The van der Waals surface area contributed by atoms with Gasteiger partial charge in [0.2, 0.25) is 5.91 Å². The summed E-state index contributed by atoms with van der Waals surface area (Å²) in [7, 11) is 1.81. The third-order valence-electron chi connectivity index (χ3n) is 10.7. The Balaban J connectivity index is 0. The molecular formula is C46H64FK5N10O6. The van der Waals surface area contributed by atoms with Gasteiger partial charge < -0.3 is 61.7 Å². The maximum atomic E-state index is 14.5. The Labute approximate surface area is 615 Å². The van der Waals surface area contributed by atoms with Gasteiger partial charge in [0, 0.05) is 35.7 Å². The van der Waals surface area contributed by atoms with E-state index in [1.54, 1.807) is 4.57 Å². The number of nitrogens with two attached hydrogens (primary N) is 1. The van der Waals surface area contributed by atoms with Crippen LogP contribution in [0.2, 0.25) is 0 Å². The van der Waals surface area contributed by atoms with E-state index in [1.807, 2.05) is 57.2 Å². The summed E-state index contributed by atoms with van der Waals surface area (Å²) in [5, 5.41) is 35.9. The zero-order valence-corrected chi connectivity index (χ0v) is 57.7. The fourth-order valence-electron chi connectivity index (χ4n) is 7.59. The molecule has 6 rings (SSSR count). The molecule has 3 heterocycles. The molecule has 16 nitrogen and oxygen atoms in total. The van der Waals surface area contributed by atoms with E-state index in [0.717, 1.165) is 110 Å². The Kier molecular flexibility index (Phi) is 47.3. The number of carbonyl (C=O) groups is 2. The number of unbranched alkanes of at least 4 members (excludes halogenated alkanes) is 3. The van der Waals surface area contributed by atoms with E-state index in [4.69, 9.17) is 25.1 Å². The molecule has 0 spiro atoms. The van der Waals surface area contributed by atoms with Gasteiger partial charge in [0.1, 0.15) is 19.2 Å². The number of ether oxygens (including phenoxy) is 1. The van der Waals surface area contributed by atoms with Crippen molar-refractivity contribution in [2.75, 3.05) is 60.1 Å². The molecule has 1 amide bonds. The number of hydroxylamine groups is 1. The van der Waals surface area contributed by atoms with E-state index >= 15 is 0 Å². The van der Waals surface area contributed by atoms with E-state index in [-0.39, 0.29) is 301 Å². The molecule has 0 saturated carbocycles. The van der Waals surface area contributed by atoms with Crippen LogP contribution in [0.5, 0.6) is 0 Å². The molecule has 1 aliphatic carbocycles. The Bertz CT molecular complexity index is 2100. The minimum absolute atomic E-state index is 0. The maximum Gasteiger partial charge on any atom is 1.00 e. The van der Waals surface area contributed by atoms with Crippen molar-refractivity contribution in [1.82, 2.24) is 20.3 Å². The Morgan fingerprint density at radius 1 is 0.956 bits per heavy atom. The van der Waals surface area contributed by atoms with Crippen LogP contribution < -0.4 is 279 Å². The predicted molar refractivity (Wildman–Crippen MR) is 246 cm³/mol. The molecule has 2 aliphatic rings. The van der Waals surface area contributed by atoms with E-state index in [1.165, 1.54) is 11.6 Å². The summed E-state index contributed by atoms with van der Waals surface area (Å²) in [5.41, 5.74) is 16.4. The number of halogens is 1. The van der Waals surface area contributed by atoms with Gasteiger partial charge in [-0.15, -0.1) is 0 Å². The normalized spacial score (nSPS) is 11.9. The number of aliphatic hydroxyl groups is 1. The van der Waals surface area contributed by atoms with Crippen molar-refractivity contribution in [3.63, 3.8) is 0 Å². The number of benzene rings is 2. The molecule has 1 unspecified atom stereocenters. The molecule has 0 fully saturated rings. The number of hydrogen-bond acceptors (Lipinski definition) is 9. The molecule has 2 aromatic carbocycles. The van der Waals surface area contributed by atoms with Crippen LogP contribution in [0, 0.1) is 12.7 Å². The second kappa shape index (κ2) is 43.6. The molecule has 346 valence electrons. The number of aryl methyl sites for hydroxylation is 2. The van der Waals surface area contributed by atoms with Crippen LogP contribution in [0.4, 0.5) is 4.39 Å². The monoisotopic (exact) mass is 1070 g/mol. The third-order valence-corrected chi connectivity index (χ3v) is 10.7. The summed E-state index contributed by atoms with van der Waals surface area (Å²) >= 11 is 0. The van der Waals surface area contributed by atoms with Gasteiger partial charge in [-0.25, -0.2) is 21.0 Å². The smallest absolute Gasteiger partial charge is 0.699 e. The Morgan fingerprint density at radius 3 is 2.34 bits per heavy atom. The van der Waals surface area contributed by atoms with Crippen molar-refractivity contribution >= 4 is 23.6 Å². The molecular weight excluding hydrogens is 1000 g/mol. The molecule has 0 saturated heterocycles. The van der Waals surface area contributed by atoms with E-state index in [0.29, 0.717) is 49.5 Å². The molecule has 22 heteroatoms. The van der Waals surface area contributed by atoms with E-state index < -0.39 is 5.91 Å². The van der Waals surface area contributed by atoms with Crippen LogP contribution in [-0.2, 0) is 58.1 Å². The maximum absolute atomic E-state index is 14.5. The zero-order chi connectivity index (χ0) is 45.4. The first-order valence-corrected chi connectivity index (χ1v) is 21.7. The number of nitrogens with one attached hydrogen (secondary N) is 2.